The number of rotatable bonds is 9. The van der Waals surface area contributed by atoms with Crippen molar-refractivity contribution in [3.05, 3.63) is 65.2 Å². The molecule has 1 aliphatic heterocycles. The van der Waals surface area contributed by atoms with E-state index in [9.17, 15) is 18.0 Å². The van der Waals surface area contributed by atoms with Crippen LogP contribution >= 0.6 is 0 Å². The van der Waals surface area contributed by atoms with E-state index in [1.807, 2.05) is 38.1 Å². The molecule has 7 nitrogen and oxygen atoms in total. The predicted molar refractivity (Wildman–Crippen MR) is 130 cm³/mol. The van der Waals surface area contributed by atoms with Gasteiger partial charge in [0, 0.05) is 25.6 Å². The van der Waals surface area contributed by atoms with Gasteiger partial charge in [0.2, 0.25) is 15.9 Å². The summed E-state index contributed by atoms with van der Waals surface area (Å²) in [5, 5.41) is 5.79. The fourth-order valence-corrected chi connectivity index (χ4v) is 5.54. The maximum Gasteiger partial charge on any atom is 0.253 e. The average molecular weight is 472 g/mol. The molecule has 1 saturated heterocycles. The highest BCUT2D eigenvalue weighted by molar-refractivity contribution is 7.89. The molecule has 1 aliphatic rings. The Morgan fingerprint density at radius 1 is 1.03 bits per heavy atom. The Bertz CT molecular complexity index is 1060. The molecule has 0 bridgehead atoms. The van der Waals surface area contributed by atoms with Gasteiger partial charge in [-0.2, -0.15) is 0 Å². The highest BCUT2D eigenvalue weighted by Crippen LogP contribution is 2.23. The molecular formula is C25H33N3O4S. The summed E-state index contributed by atoms with van der Waals surface area (Å²) >= 11 is 0. The summed E-state index contributed by atoms with van der Waals surface area (Å²) < 4.78 is 26.3. The Balaban J connectivity index is 1.57. The lowest BCUT2D eigenvalue weighted by Crippen LogP contribution is -2.42. The summed E-state index contributed by atoms with van der Waals surface area (Å²) in [5.41, 5.74) is 3.01. The first-order valence-electron chi connectivity index (χ1n) is 11.5. The Morgan fingerprint density at radius 3 is 2.36 bits per heavy atom. The van der Waals surface area contributed by atoms with Crippen LogP contribution in [0, 0.1) is 12.8 Å². The lowest BCUT2D eigenvalue weighted by molar-refractivity contribution is -0.120. The van der Waals surface area contributed by atoms with Gasteiger partial charge in [0.15, 0.2) is 0 Å². The minimum atomic E-state index is -3.25. The average Bonchev–Trinajstić information content (AvgIpc) is 2.82. The van der Waals surface area contributed by atoms with E-state index in [0.29, 0.717) is 50.1 Å². The van der Waals surface area contributed by atoms with Crippen molar-refractivity contribution in [3.8, 4) is 0 Å². The van der Waals surface area contributed by atoms with Crippen molar-refractivity contribution in [2.24, 2.45) is 5.92 Å². The molecule has 8 heteroatoms. The van der Waals surface area contributed by atoms with Crippen molar-refractivity contribution < 1.29 is 18.0 Å². The molecule has 0 unspecified atom stereocenters. The molecule has 0 saturated carbocycles. The maximum atomic E-state index is 12.9. The van der Waals surface area contributed by atoms with Gasteiger partial charge in [-0.05, 0) is 43.9 Å². The van der Waals surface area contributed by atoms with Gasteiger partial charge in [0.05, 0.1) is 17.0 Å². The van der Waals surface area contributed by atoms with Gasteiger partial charge >= 0.3 is 0 Å². The van der Waals surface area contributed by atoms with Crippen LogP contribution in [-0.2, 0) is 21.4 Å². The van der Waals surface area contributed by atoms with Gasteiger partial charge in [0.1, 0.15) is 0 Å². The van der Waals surface area contributed by atoms with E-state index in [2.05, 4.69) is 10.6 Å². The third-order valence-electron chi connectivity index (χ3n) is 5.98. The zero-order valence-electron chi connectivity index (χ0n) is 19.3. The molecule has 0 radical (unpaired) electrons. The number of aryl methyl sites for hydroxylation is 1. The Hall–Kier alpha value is -2.71. The van der Waals surface area contributed by atoms with Crippen molar-refractivity contribution in [1.82, 2.24) is 9.62 Å². The zero-order valence-corrected chi connectivity index (χ0v) is 20.2. The largest absolute Gasteiger partial charge is 0.348 e. The first kappa shape index (κ1) is 24.9. The molecular weight excluding hydrogens is 438 g/mol. The Morgan fingerprint density at radius 2 is 1.70 bits per heavy atom. The van der Waals surface area contributed by atoms with Crippen molar-refractivity contribution in [1.29, 1.82) is 0 Å². The number of hydrogen-bond donors (Lipinski definition) is 2. The van der Waals surface area contributed by atoms with E-state index < -0.39 is 10.0 Å². The molecule has 1 heterocycles. The van der Waals surface area contributed by atoms with E-state index in [4.69, 9.17) is 0 Å². The topological polar surface area (TPSA) is 95.6 Å². The number of carbonyl (C=O) groups is 2. The lowest BCUT2D eigenvalue weighted by Gasteiger charge is -2.30. The van der Waals surface area contributed by atoms with Crippen molar-refractivity contribution in [3.63, 3.8) is 0 Å². The normalized spacial score (nSPS) is 15.2. The number of unbranched alkanes of at least 4 members (excludes halogenated alkanes) is 1. The molecule has 3 rings (SSSR count). The fraction of sp³-hybridized carbons (Fsp3) is 0.440. The van der Waals surface area contributed by atoms with Crippen LogP contribution in [0.5, 0.6) is 0 Å². The second kappa shape index (κ2) is 11.4. The van der Waals surface area contributed by atoms with Crippen LogP contribution < -0.4 is 10.6 Å². The third kappa shape index (κ3) is 6.88. The summed E-state index contributed by atoms with van der Waals surface area (Å²) in [5.74, 6) is -0.570. The van der Waals surface area contributed by atoms with Crippen LogP contribution in [0.15, 0.2) is 48.5 Å². The fourth-order valence-electron chi connectivity index (χ4n) is 3.86. The SMILES string of the molecule is CCCCS(=O)(=O)N1CCC(C(=O)Nc2ccccc2C(=O)NCc2ccc(C)cc2)CC1. The van der Waals surface area contributed by atoms with E-state index in [0.717, 1.165) is 17.5 Å². The summed E-state index contributed by atoms with van der Waals surface area (Å²) in [6, 6.07) is 14.9. The van der Waals surface area contributed by atoms with E-state index in [1.165, 1.54) is 4.31 Å². The number of sulfonamides is 1. The first-order chi connectivity index (χ1) is 15.8. The van der Waals surface area contributed by atoms with E-state index in [-0.39, 0.29) is 23.5 Å². The molecule has 0 atom stereocenters. The maximum absolute atomic E-state index is 12.9. The number of hydrogen-bond acceptors (Lipinski definition) is 4. The molecule has 178 valence electrons. The van der Waals surface area contributed by atoms with Gasteiger partial charge in [-0.1, -0.05) is 55.3 Å². The molecule has 0 spiro atoms. The quantitative estimate of drug-likeness (QED) is 0.583. The summed E-state index contributed by atoms with van der Waals surface area (Å²) in [7, 11) is -3.25. The van der Waals surface area contributed by atoms with E-state index >= 15 is 0 Å². The third-order valence-corrected chi connectivity index (χ3v) is 7.93. The summed E-state index contributed by atoms with van der Waals surface area (Å²) in [6.07, 6.45) is 2.42. The molecule has 33 heavy (non-hydrogen) atoms. The summed E-state index contributed by atoms with van der Waals surface area (Å²) in [6.45, 7) is 5.07. The van der Waals surface area contributed by atoms with Crippen LogP contribution in [0.4, 0.5) is 5.69 Å². The predicted octanol–water partition coefficient (Wildman–Crippen LogP) is 3.71. The second-order valence-electron chi connectivity index (χ2n) is 8.55. The Kier molecular flexibility index (Phi) is 8.63. The van der Waals surface area contributed by atoms with Crippen LogP contribution in [0.2, 0.25) is 0 Å². The van der Waals surface area contributed by atoms with Crippen molar-refractivity contribution >= 4 is 27.5 Å². The van der Waals surface area contributed by atoms with E-state index in [1.54, 1.807) is 24.3 Å². The molecule has 0 aromatic heterocycles. The monoisotopic (exact) mass is 471 g/mol. The number of benzene rings is 2. The zero-order chi connectivity index (χ0) is 23.8. The highest BCUT2D eigenvalue weighted by Gasteiger charge is 2.31. The minimum Gasteiger partial charge on any atom is -0.348 e. The number of amides is 2. The second-order valence-corrected chi connectivity index (χ2v) is 10.6. The van der Waals surface area contributed by atoms with Crippen molar-refractivity contribution in [2.45, 2.75) is 46.1 Å². The lowest BCUT2D eigenvalue weighted by atomic mass is 9.97. The van der Waals surface area contributed by atoms with Gasteiger partial charge in [-0.3, -0.25) is 9.59 Å². The molecule has 2 aromatic carbocycles. The van der Waals surface area contributed by atoms with Crippen LogP contribution in [0.1, 0.15) is 54.1 Å². The standard InChI is InChI=1S/C25H33N3O4S/c1-3-4-17-33(31,32)28-15-13-21(14-16-28)24(29)27-23-8-6-5-7-22(23)25(30)26-18-20-11-9-19(2)10-12-20/h5-12,21H,3-4,13-18H2,1-2H3,(H,26,30)(H,27,29). The Labute approximate surface area is 196 Å². The van der Waals surface area contributed by atoms with Crippen LogP contribution in [-0.4, -0.2) is 43.4 Å². The number of carbonyl (C=O) groups excluding carboxylic acids is 2. The van der Waals surface area contributed by atoms with Gasteiger partial charge in [-0.25, -0.2) is 12.7 Å². The first-order valence-corrected chi connectivity index (χ1v) is 13.1. The molecule has 2 amide bonds. The molecule has 1 fully saturated rings. The van der Waals surface area contributed by atoms with Crippen LogP contribution in [0.25, 0.3) is 0 Å². The number of nitrogens with zero attached hydrogens (tertiary/aromatic N) is 1. The van der Waals surface area contributed by atoms with Gasteiger partial charge in [0.25, 0.3) is 5.91 Å². The number of para-hydroxylation sites is 1. The highest BCUT2D eigenvalue weighted by atomic mass is 32.2. The van der Waals surface area contributed by atoms with Crippen molar-refractivity contribution in [2.75, 3.05) is 24.2 Å². The smallest absolute Gasteiger partial charge is 0.253 e. The molecule has 0 aliphatic carbocycles. The minimum absolute atomic E-state index is 0.158. The van der Waals surface area contributed by atoms with Gasteiger partial charge in [-0.15, -0.1) is 0 Å². The van der Waals surface area contributed by atoms with Gasteiger partial charge < -0.3 is 10.6 Å². The number of anilines is 1. The van der Waals surface area contributed by atoms with Crippen LogP contribution in [0.3, 0.4) is 0 Å². The number of nitrogens with one attached hydrogen (secondary N) is 2. The molecule has 2 N–H and O–H groups in total. The molecule has 2 aromatic rings. The summed E-state index contributed by atoms with van der Waals surface area (Å²) in [4.78, 5) is 25.6. The number of piperidine rings is 1.